The van der Waals surface area contributed by atoms with E-state index in [-0.39, 0.29) is 12.5 Å². The largest absolute Gasteiger partial charge is 0.480 e. The number of carbonyl (C=O) groups is 1. The number of aromatic nitrogens is 3. The molecule has 0 spiro atoms. The summed E-state index contributed by atoms with van der Waals surface area (Å²) < 4.78 is 5.65. The van der Waals surface area contributed by atoms with E-state index in [2.05, 4.69) is 44.6 Å². The van der Waals surface area contributed by atoms with Gasteiger partial charge in [0.25, 0.3) is 5.91 Å². The van der Waals surface area contributed by atoms with E-state index in [9.17, 15) is 4.79 Å². The van der Waals surface area contributed by atoms with Crippen molar-refractivity contribution in [3.05, 3.63) is 84.1 Å². The summed E-state index contributed by atoms with van der Waals surface area (Å²) in [5.41, 5.74) is 3.98. The van der Waals surface area contributed by atoms with Gasteiger partial charge >= 0.3 is 0 Å². The van der Waals surface area contributed by atoms with Gasteiger partial charge in [0, 0.05) is 49.3 Å². The van der Waals surface area contributed by atoms with Crippen LogP contribution in [0.1, 0.15) is 11.1 Å². The summed E-state index contributed by atoms with van der Waals surface area (Å²) in [5, 5.41) is 6.65. The molecule has 1 amide bonds. The molecule has 0 radical (unpaired) electrons. The van der Waals surface area contributed by atoms with E-state index < -0.39 is 0 Å². The fraction of sp³-hybridized carbons (Fsp3) is 0.267. The summed E-state index contributed by atoms with van der Waals surface area (Å²) >= 11 is 0. The first-order chi connectivity index (χ1) is 19.5. The standard InChI is InChI=1S/C30H32N8O2/c1-21-18-31-30(32-23-9-6-10-24(17-23)37-15-13-36(2)14-16-37)35-28(21)33-26-12-11-25-29(34-26)38(27(39)20-40-25)19-22-7-4-3-5-8-22/h3-12,17-18H,13-16,19-20H2,1-2H3,(H2,31,32,33,34,35). The molecule has 1 fully saturated rings. The molecule has 2 aliphatic heterocycles. The number of nitrogens with one attached hydrogen (secondary N) is 2. The van der Waals surface area contributed by atoms with Gasteiger partial charge in [-0.2, -0.15) is 4.98 Å². The Morgan fingerprint density at radius 3 is 2.58 bits per heavy atom. The van der Waals surface area contributed by atoms with E-state index in [4.69, 9.17) is 14.7 Å². The molecule has 1 saturated heterocycles. The van der Waals surface area contributed by atoms with Crippen molar-refractivity contribution < 1.29 is 9.53 Å². The molecule has 204 valence electrons. The van der Waals surface area contributed by atoms with Crippen LogP contribution in [0, 0.1) is 6.92 Å². The number of carbonyl (C=O) groups excluding carboxylic acids is 1. The van der Waals surface area contributed by atoms with E-state index in [1.54, 1.807) is 11.1 Å². The summed E-state index contributed by atoms with van der Waals surface area (Å²) in [4.78, 5) is 33.1. The zero-order valence-corrected chi connectivity index (χ0v) is 22.7. The van der Waals surface area contributed by atoms with E-state index in [1.165, 1.54) is 5.69 Å². The van der Waals surface area contributed by atoms with E-state index >= 15 is 0 Å². The number of likely N-dealkylation sites (N-methyl/N-ethyl adjacent to an activating group) is 1. The second kappa shape index (κ2) is 11.2. The number of nitrogens with zero attached hydrogens (tertiary/aromatic N) is 6. The van der Waals surface area contributed by atoms with Crippen LogP contribution >= 0.6 is 0 Å². The maximum absolute atomic E-state index is 12.7. The lowest BCUT2D eigenvalue weighted by Crippen LogP contribution is -2.44. The van der Waals surface area contributed by atoms with Gasteiger partial charge in [0.1, 0.15) is 11.6 Å². The molecule has 0 bridgehead atoms. The Labute approximate surface area is 233 Å². The van der Waals surface area contributed by atoms with E-state index in [1.807, 2.05) is 61.5 Å². The van der Waals surface area contributed by atoms with Gasteiger partial charge in [-0.05, 0) is 49.9 Å². The number of hydrogen-bond acceptors (Lipinski definition) is 9. The number of aryl methyl sites for hydroxylation is 1. The Morgan fingerprint density at radius 1 is 0.925 bits per heavy atom. The van der Waals surface area contributed by atoms with Crippen molar-refractivity contribution in [2.45, 2.75) is 13.5 Å². The Morgan fingerprint density at radius 2 is 1.75 bits per heavy atom. The van der Waals surface area contributed by atoms with Crippen molar-refractivity contribution >= 4 is 40.7 Å². The van der Waals surface area contributed by atoms with Crippen LogP contribution in [0.4, 0.5) is 34.8 Å². The molecule has 40 heavy (non-hydrogen) atoms. The number of pyridine rings is 1. The maximum Gasteiger partial charge on any atom is 0.266 e. The van der Waals surface area contributed by atoms with Gasteiger partial charge in [0.2, 0.25) is 5.95 Å². The Balaban J connectivity index is 1.20. The highest BCUT2D eigenvalue weighted by molar-refractivity contribution is 5.96. The van der Waals surface area contributed by atoms with Crippen LogP contribution in [-0.2, 0) is 11.3 Å². The average Bonchev–Trinajstić information content (AvgIpc) is 2.97. The molecule has 10 nitrogen and oxygen atoms in total. The minimum Gasteiger partial charge on any atom is -0.480 e. The Hall–Kier alpha value is -4.70. The van der Waals surface area contributed by atoms with Gasteiger partial charge in [0.15, 0.2) is 18.2 Å². The number of amides is 1. The molecule has 2 aromatic heterocycles. The SMILES string of the molecule is Cc1cnc(Nc2cccc(N3CCN(C)CC3)c2)nc1Nc1ccc2c(n1)N(Cc1ccccc1)C(=O)CO2. The second-order valence-corrected chi connectivity index (χ2v) is 10.1. The molecule has 10 heteroatoms. The highest BCUT2D eigenvalue weighted by Crippen LogP contribution is 2.33. The summed E-state index contributed by atoms with van der Waals surface area (Å²) in [5.74, 6) is 2.58. The van der Waals surface area contributed by atoms with Crippen LogP contribution in [0.15, 0.2) is 72.9 Å². The van der Waals surface area contributed by atoms with Crippen molar-refractivity contribution in [2.24, 2.45) is 0 Å². The van der Waals surface area contributed by atoms with Crippen LogP contribution < -0.4 is 25.2 Å². The van der Waals surface area contributed by atoms with Gasteiger partial charge in [-0.3, -0.25) is 9.69 Å². The maximum atomic E-state index is 12.7. The summed E-state index contributed by atoms with van der Waals surface area (Å²) in [6, 6.07) is 21.8. The quantitative estimate of drug-likeness (QED) is 0.357. The third kappa shape index (κ3) is 5.67. The first kappa shape index (κ1) is 25.6. The molecule has 4 aromatic rings. The molecule has 4 heterocycles. The molecule has 2 aliphatic rings. The average molecular weight is 537 g/mol. The van der Waals surface area contributed by atoms with Gasteiger partial charge in [-0.15, -0.1) is 0 Å². The van der Waals surface area contributed by atoms with Crippen LogP contribution in [-0.4, -0.2) is 65.6 Å². The lowest BCUT2D eigenvalue weighted by atomic mass is 10.2. The molecule has 0 atom stereocenters. The van der Waals surface area contributed by atoms with Crippen LogP contribution in [0.5, 0.6) is 5.75 Å². The monoisotopic (exact) mass is 536 g/mol. The molecular formula is C30H32N8O2. The number of piperazine rings is 1. The first-order valence-corrected chi connectivity index (χ1v) is 13.4. The number of anilines is 6. The summed E-state index contributed by atoms with van der Waals surface area (Å²) in [6.45, 7) is 6.45. The van der Waals surface area contributed by atoms with Gasteiger partial charge < -0.3 is 25.2 Å². The fourth-order valence-electron chi connectivity index (χ4n) is 4.80. The smallest absolute Gasteiger partial charge is 0.266 e. The molecular weight excluding hydrogens is 504 g/mol. The number of ether oxygens (including phenoxy) is 1. The molecule has 0 unspecified atom stereocenters. The van der Waals surface area contributed by atoms with E-state index in [0.29, 0.717) is 35.7 Å². The lowest BCUT2D eigenvalue weighted by molar-refractivity contribution is -0.121. The second-order valence-electron chi connectivity index (χ2n) is 10.1. The fourth-order valence-corrected chi connectivity index (χ4v) is 4.80. The molecule has 2 aromatic carbocycles. The van der Waals surface area contributed by atoms with Crippen LogP contribution in [0.2, 0.25) is 0 Å². The summed E-state index contributed by atoms with van der Waals surface area (Å²) in [7, 11) is 2.16. The molecule has 2 N–H and O–H groups in total. The highest BCUT2D eigenvalue weighted by Gasteiger charge is 2.27. The molecule has 0 saturated carbocycles. The first-order valence-electron chi connectivity index (χ1n) is 13.4. The Bertz CT molecular complexity index is 1510. The van der Waals surface area contributed by atoms with Gasteiger partial charge in [-0.25, -0.2) is 9.97 Å². The zero-order valence-electron chi connectivity index (χ0n) is 22.7. The number of fused-ring (bicyclic) bond motifs is 1. The predicted octanol–water partition coefficient (Wildman–Crippen LogP) is 4.34. The van der Waals surface area contributed by atoms with Gasteiger partial charge in [-0.1, -0.05) is 36.4 Å². The third-order valence-electron chi connectivity index (χ3n) is 7.12. The summed E-state index contributed by atoms with van der Waals surface area (Å²) in [6.07, 6.45) is 1.77. The van der Waals surface area contributed by atoms with Crippen LogP contribution in [0.25, 0.3) is 0 Å². The Kier molecular flexibility index (Phi) is 7.15. The number of hydrogen-bond donors (Lipinski definition) is 2. The van der Waals surface area contributed by atoms with E-state index in [0.717, 1.165) is 43.0 Å². The van der Waals surface area contributed by atoms with Crippen molar-refractivity contribution in [1.82, 2.24) is 19.9 Å². The number of rotatable bonds is 7. The van der Waals surface area contributed by atoms with Crippen molar-refractivity contribution in [1.29, 1.82) is 0 Å². The van der Waals surface area contributed by atoms with Crippen molar-refractivity contribution in [3.63, 3.8) is 0 Å². The molecule has 6 rings (SSSR count). The number of benzene rings is 2. The zero-order chi connectivity index (χ0) is 27.5. The van der Waals surface area contributed by atoms with Crippen molar-refractivity contribution in [3.8, 4) is 5.75 Å². The topological polar surface area (TPSA) is 98.8 Å². The minimum absolute atomic E-state index is 0.00958. The highest BCUT2D eigenvalue weighted by atomic mass is 16.5. The molecule has 0 aliphatic carbocycles. The van der Waals surface area contributed by atoms with Crippen LogP contribution in [0.3, 0.4) is 0 Å². The van der Waals surface area contributed by atoms with Gasteiger partial charge in [0.05, 0.1) is 6.54 Å². The lowest BCUT2D eigenvalue weighted by Gasteiger charge is -2.34. The predicted molar refractivity (Wildman–Crippen MR) is 157 cm³/mol. The minimum atomic E-state index is -0.135. The third-order valence-corrected chi connectivity index (χ3v) is 7.12. The normalized spacial score (nSPS) is 15.4. The van der Waals surface area contributed by atoms with Crippen molar-refractivity contribution in [2.75, 3.05) is 60.3 Å².